The number of phenolic OH excluding ortho intramolecular Hbond substituents is 1. The van der Waals surface area contributed by atoms with Crippen molar-refractivity contribution in [1.82, 2.24) is 9.80 Å². The topological polar surface area (TPSA) is 160 Å². The molecule has 11 heteroatoms. The number of hydrogen-bond donors (Lipinski definition) is 3. The van der Waals surface area contributed by atoms with Crippen LogP contribution < -0.4 is 10.5 Å². The van der Waals surface area contributed by atoms with Crippen molar-refractivity contribution in [3.63, 3.8) is 0 Å². The van der Waals surface area contributed by atoms with Gasteiger partial charge in [0.05, 0.1) is 24.6 Å². The van der Waals surface area contributed by atoms with E-state index in [1.165, 1.54) is 7.11 Å². The van der Waals surface area contributed by atoms with Crippen molar-refractivity contribution in [3.05, 3.63) is 22.8 Å². The fourth-order valence-corrected chi connectivity index (χ4v) is 8.62. The van der Waals surface area contributed by atoms with Crippen LogP contribution in [0.2, 0.25) is 0 Å². The highest BCUT2D eigenvalue weighted by atomic mass is 16.5. The average molecular weight is 586 g/mol. The molecule has 1 aliphatic heterocycles. The molecule has 1 heterocycles. The smallest absolute Gasteiger partial charge is 0.230 e. The Kier molecular flexibility index (Phi) is 8.02. The predicted molar refractivity (Wildman–Crippen MR) is 152 cm³/mol. The lowest BCUT2D eigenvalue weighted by Gasteiger charge is -2.57. The van der Waals surface area contributed by atoms with Gasteiger partial charge in [-0.25, -0.2) is 0 Å². The van der Waals surface area contributed by atoms with E-state index < -0.39 is 64.7 Å². The Balaban J connectivity index is 1.61. The summed E-state index contributed by atoms with van der Waals surface area (Å²) in [4.78, 5) is 58.4. The van der Waals surface area contributed by atoms with Crippen LogP contribution in [0.15, 0.2) is 6.07 Å². The van der Waals surface area contributed by atoms with Crippen LogP contribution in [-0.4, -0.2) is 101 Å². The molecule has 2 saturated carbocycles. The number of carbonyl (C=O) groups is 4. The fraction of sp³-hybridized carbons (Fsp3) is 0.677. The van der Waals surface area contributed by atoms with Crippen LogP contribution >= 0.6 is 0 Å². The second-order valence-corrected chi connectivity index (χ2v) is 12.9. The monoisotopic (exact) mass is 585 g/mol. The Morgan fingerprint density at radius 1 is 1.17 bits per heavy atom. The van der Waals surface area contributed by atoms with Crippen molar-refractivity contribution in [2.75, 3.05) is 28.3 Å². The van der Waals surface area contributed by atoms with Crippen molar-refractivity contribution in [2.24, 2.45) is 29.4 Å². The van der Waals surface area contributed by atoms with E-state index in [1.54, 1.807) is 32.2 Å². The second kappa shape index (κ2) is 11.0. The van der Waals surface area contributed by atoms with E-state index in [1.807, 2.05) is 0 Å². The zero-order valence-corrected chi connectivity index (χ0v) is 25.3. The Labute approximate surface area is 246 Å². The first-order valence-corrected chi connectivity index (χ1v) is 14.8. The van der Waals surface area contributed by atoms with Gasteiger partial charge in [0.25, 0.3) is 0 Å². The van der Waals surface area contributed by atoms with Gasteiger partial charge in [0.15, 0.2) is 23.0 Å². The molecule has 0 radical (unpaired) electrons. The SMILES string of the molecule is COc1c(CN2C(C)CCCC2C)cc(O)c2c1CC1CC3C(N(C)C)C(=O)C(C(N)=O)C(O)C3(OC)C(=O)C1C2=O. The third-order valence-corrected chi connectivity index (χ3v) is 10.5. The zero-order valence-electron chi connectivity index (χ0n) is 25.3. The Hall–Kier alpha value is -2.86. The van der Waals surface area contributed by atoms with Crippen LogP contribution in [0.4, 0.5) is 0 Å². The van der Waals surface area contributed by atoms with Gasteiger partial charge >= 0.3 is 0 Å². The first-order chi connectivity index (χ1) is 19.8. The molecule has 1 aromatic carbocycles. The summed E-state index contributed by atoms with van der Waals surface area (Å²) in [5.74, 6) is -6.89. The van der Waals surface area contributed by atoms with E-state index in [0.717, 1.165) is 24.8 Å². The number of benzene rings is 1. The number of likely N-dealkylation sites (tertiary alicyclic amines) is 1. The number of piperidine rings is 1. The van der Waals surface area contributed by atoms with Crippen LogP contribution in [0.1, 0.15) is 61.0 Å². The van der Waals surface area contributed by atoms with Gasteiger partial charge in [-0.2, -0.15) is 0 Å². The number of hydrogen-bond acceptors (Lipinski definition) is 10. The van der Waals surface area contributed by atoms with E-state index >= 15 is 0 Å². The molecule has 1 amide bonds. The number of aromatic hydroxyl groups is 1. The highest BCUT2D eigenvalue weighted by Crippen LogP contribution is 2.54. The number of carbonyl (C=O) groups excluding carboxylic acids is 4. The van der Waals surface area contributed by atoms with Crippen molar-refractivity contribution >= 4 is 23.3 Å². The molecule has 9 unspecified atom stereocenters. The van der Waals surface area contributed by atoms with E-state index in [2.05, 4.69) is 18.7 Å². The van der Waals surface area contributed by atoms with Gasteiger partial charge in [-0.15, -0.1) is 0 Å². The van der Waals surface area contributed by atoms with Gasteiger partial charge < -0.3 is 25.4 Å². The lowest BCUT2D eigenvalue weighted by molar-refractivity contribution is -0.211. The number of nitrogens with zero attached hydrogens (tertiary/aromatic N) is 2. The summed E-state index contributed by atoms with van der Waals surface area (Å²) in [6, 6.07) is 1.31. The van der Waals surface area contributed by atoms with Crippen LogP contribution in [0, 0.1) is 23.7 Å². The van der Waals surface area contributed by atoms with E-state index in [0.29, 0.717) is 29.9 Å². The molecule has 1 aromatic rings. The maximum atomic E-state index is 14.4. The van der Waals surface area contributed by atoms with Gasteiger partial charge in [0, 0.05) is 42.8 Å². The first-order valence-electron chi connectivity index (χ1n) is 14.8. The number of phenols is 1. The Bertz CT molecular complexity index is 1300. The van der Waals surface area contributed by atoms with Crippen LogP contribution in [0.5, 0.6) is 11.5 Å². The Morgan fingerprint density at radius 3 is 2.36 bits per heavy atom. The molecule has 230 valence electrons. The third kappa shape index (κ3) is 4.31. The maximum absolute atomic E-state index is 14.4. The average Bonchev–Trinajstić information content (AvgIpc) is 2.90. The minimum atomic E-state index is -2.00. The molecule has 5 rings (SSSR count). The van der Waals surface area contributed by atoms with Crippen LogP contribution in [-0.2, 0) is 32.1 Å². The quantitative estimate of drug-likeness (QED) is 0.412. The number of aliphatic hydroxyl groups excluding tert-OH is 1. The van der Waals surface area contributed by atoms with Gasteiger partial charge in [-0.1, -0.05) is 6.42 Å². The molecular formula is C31H43N3O8. The lowest BCUT2D eigenvalue weighted by atomic mass is 9.51. The fourth-order valence-electron chi connectivity index (χ4n) is 8.62. The standard InChI is InChI=1S/C31H43N3O8/c1-14-8-7-9-15(2)34(14)13-17-12-20(35)22-18(27(17)41-5)10-16-11-19-24(33(3)4)26(37)23(30(32)40)29(39)31(19,42-6)28(38)21(16)25(22)36/h12,14-16,19,21,23-24,29,35,39H,7-11,13H2,1-6H3,(H2,32,40). The summed E-state index contributed by atoms with van der Waals surface area (Å²) in [6.45, 7) is 4.92. The second-order valence-electron chi connectivity index (χ2n) is 12.9. The van der Waals surface area contributed by atoms with Gasteiger partial charge in [0.2, 0.25) is 5.91 Å². The number of methoxy groups -OCH3 is 2. The third-order valence-electron chi connectivity index (χ3n) is 10.5. The number of nitrogens with two attached hydrogens (primary N) is 1. The number of likely N-dealkylation sites (N-methyl/N-ethyl adjacent to an activating group) is 1. The summed E-state index contributed by atoms with van der Waals surface area (Å²) < 4.78 is 11.7. The van der Waals surface area contributed by atoms with Crippen molar-refractivity contribution in [1.29, 1.82) is 0 Å². The zero-order chi connectivity index (χ0) is 30.8. The number of rotatable bonds is 6. The number of primary amides is 1. The predicted octanol–water partition coefficient (Wildman–Crippen LogP) is 1.08. The molecule has 0 spiro atoms. The molecule has 3 aliphatic carbocycles. The first kappa shape index (κ1) is 30.6. The minimum Gasteiger partial charge on any atom is -0.507 e. The van der Waals surface area contributed by atoms with Crippen molar-refractivity contribution < 1.29 is 38.9 Å². The normalized spacial score (nSPS) is 36.8. The summed E-state index contributed by atoms with van der Waals surface area (Å²) in [7, 11) is 6.10. The molecule has 4 aliphatic rings. The minimum absolute atomic E-state index is 0.0339. The number of fused-ring (bicyclic) bond motifs is 3. The highest BCUT2D eigenvalue weighted by molar-refractivity contribution is 6.18. The number of ketones is 3. The largest absolute Gasteiger partial charge is 0.507 e. The molecular weight excluding hydrogens is 542 g/mol. The molecule has 4 N–H and O–H groups in total. The van der Waals surface area contributed by atoms with E-state index in [4.69, 9.17) is 15.2 Å². The molecule has 11 nitrogen and oxygen atoms in total. The molecule has 0 aromatic heterocycles. The van der Waals surface area contributed by atoms with Crippen molar-refractivity contribution in [3.8, 4) is 11.5 Å². The molecule has 3 fully saturated rings. The number of amides is 1. The summed E-state index contributed by atoms with van der Waals surface area (Å²) in [6.07, 6.45) is 1.91. The van der Waals surface area contributed by atoms with Crippen molar-refractivity contribution in [2.45, 2.75) is 82.3 Å². The molecule has 42 heavy (non-hydrogen) atoms. The lowest BCUT2D eigenvalue weighted by Crippen LogP contribution is -2.76. The molecule has 1 saturated heterocycles. The van der Waals surface area contributed by atoms with E-state index in [-0.39, 0.29) is 24.2 Å². The van der Waals surface area contributed by atoms with E-state index in [9.17, 15) is 29.4 Å². The highest BCUT2D eigenvalue weighted by Gasteiger charge is 2.70. The number of Topliss-reactive ketones (excluding diaryl/α,β-unsaturated/α-hetero) is 3. The van der Waals surface area contributed by atoms with Gasteiger partial charge in [-0.05, 0) is 65.6 Å². The van der Waals surface area contributed by atoms with Crippen LogP contribution in [0.3, 0.4) is 0 Å². The molecule has 9 atom stereocenters. The van der Waals surface area contributed by atoms with Crippen LogP contribution in [0.25, 0.3) is 0 Å². The number of aliphatic hydroxyl groups is 1. The van der Waals surface area contributed by atoms with Gasteiger partial charge in [0.1, 0.15) is 23.5 Å². The molecule has 0 bridgehead atoms. The summed E-state index contributed by atoms with van der Waals surface area (Å²) in [5.41, 5.74) is 4.89. The van der Waals surface area contributed by atoms with Gasteiger partial charge in [-0.3, -0.25) is 29.0 Å². The maximum Gasteiger partial charge on any atom is 0.230 e. The Morgan fingerprint density at radius 2 is 1.81 bits per heavy atom. The summed E-state index contributed by atoms with van der Waals surface area (Å²) >= 11 is 0. The summed E-state index contributed by atoms with van der Waals surface area (Å²) in [5, 5.41) is 22.6. The number of ether oxygens (including phenoxy) is 2.